The minimum atomic E-state index is -1.03. The summed E-state index contributed by atoms with van der Waals surface area (Å²) in [7, 11) is 0. The molecular weight excluding hydrogens is 434 g/mol. The first-order valence-corrected chi connectivity index (χ1v) is 11.0. The molecule has 2 aliphatic heterocycles. The molecule has 0 N–H and O–H groups in total. The Kier molecular flexibility index (Phi) is 7.04. The van der Waals surface area contributed by atoms with Gasteiger partial charge in [-0.05, 0) is 56.4 Å². The lowest BCUT2D eigenvalue weighted by Gasteiger charge is -2.41. The highest BCUT2D eigenvalue weighted by Crippen LogP contribution is 2.35. The molecule has 5 nitrogen and oxygen atoms in total. The number of carbonyl (C=O) groups is 2. The van der Waals surface area contributed by atoms with E-state index in [0.29, 0.717) is 29.9 Å². The lowest BCUT2D eigenvalue weighted by atomic mass is 9.93. The van der Waals surface area contributed by atoms with Gasteiger partial charge in [0.05, 0.1) is 11.9 Å². The lowest BCUT2D eigenvalue weighted by Crippen LogP contribution is -2.61. The maximum atomic E-state index is 12.8. The molecule has 1 aromatic carbocycles. The van der Waals surface area contributed by atoms with Crippen LogP contribution < -0.4 is 4.74 Å². The first-order chi connectivity index (χ1) is 13.1. The van der Waals surface area contributed by atoms with Crippen molar-refractivity contribution in [1.82, 2.24) is 4.90 Å². The Hall–Kier alpha value is -1.27. The lowest BCUT2D eigenvalue weighted by molar-refractivity contribution is -0.188. The summed E-state index contributed by atoms with van der Waals surface area (Å²) >= 11 is 9.25. The zero-order valence-corrected chi connectivity index (χ0v) is 17.6. The van der Waals surface area contributed by atoms with E-state index in [1.54, 1.807) is 4.90 Å². The van der Waals surface area contributed by atoms with Crippen LogP contribution in [0.15, 0.2) is 24.3 Å². The number of unbranched alkanes of at least 4 members (excludes halogenated alkanes) is 3. The summed E-state index contributed by atoms with van der Waals surface area (Å²) in [6.07, 6.45) is 5.89. The molecule has 1 aromatic rings. The third kappa shape index (κ3) is 4.77. The molecule has 0 aromatic heterocycles. The van der Waals surface area contributed by atoms with Gasteiger partial charge in [0.15, 0.2) is 5.60 Å². The molecule has 2 aliphatic rings. The van der Waals surface area contributed by atoms with Gasteiger partial charge in [0, 0.05) is 11.6 Å². The first-order valence-electron chi connectivity index (χ1n) is 9.54. The molecule has 2 heterocycles. The highest BCUT2D eigenvalue weighted by molar-refractivity contribution is 9.09. The first kappa shape index (κ1) is 20.5. The Bertz CT molecular complexity index is 668. The second-order valence-corrected chi connectivity index (χ2v) is 8.17. The average Bonchev–Trinajstić information content (AvgIpc) is 3.17. The maximum absolute atomic E-state index is 12.8. The number of nitrogens with zero attached hydrogens (tertiary/aromatic N) is 1. The number of hydrogen-bond acceptors (Lipinski definition) is 4. The standard InChI is InChI=1S/C20H25BrClNO4/c21-14-20(19(25)23-12-5-6-17(23)18(24)27-20)11-3-1-2-4-13-26-16-9-7-15(22)8-10-16/h7-10,17H,1-6,11-14H2/t17-,20+/m0/s1. The quantitative estimate of drug-likeness (QED) is 0.314. The molecular formula is C20H25BrClNO4. The van der Waals surface area contributed by atoms with Crippen LogP contribution in [0.25, 0.3) is 0 Å². The fourth-order valence-corrected chi connectivity index (χ4v) is 4.48. The normalized spacial score (nSPS) is 24.7. The summed E-state index contributed by atoms with van der Waals surface area (Å²) in [4.78, 5) is 26.8. The van der Waals surface area contributed by atoms with Crippen molar-refractivity contribution >= 4 is 39.4 Å². The molecule has 0 bridgehead atoms. The van der Waals surface area contributed by atoms with Gasteiger partial charge in [0.25, 0.3) is 5.91 Å². The van der Waals surface area contributed by atoms with E-state index >= 15 is 0 Å². The maximum Gasteiger partial charge on any atom is 0.329 e. The summed E-state index contributed by atoms with van der Waals surface area (Å²) < 4.78 is 11.3. The third-order valence-corrected chi connectivity index (χ3v) is 6.40. The Morgan fingerprint density at radius 1 is 1.19 bits per heavy atom. The summed E-state index contributed by atoms with van der Waals surface area (Å²) in [6.45, 7) is 1.31. The van der Waals surface area contributed by atoms with Crippen molar-refractivity contribution in [3.05, 3.63) is 29.3 Å². The van der Waals surface area contributed by atoms with Crippen molar-refractivity contribution < 1.29 is 19.1 Å². The van der Waals surface area contributed by atoms with Crippen molar-refractivity contribution in [2.24, 2.45) is 0 Å². The Morgan fingerprint density at radius 2 is 1.93 bits per heavy atom. The van der Waals surface area contributed by atoms with Gasteiger partial charge in [-0.3, -0.25) is 4.79 Å². The summed E-state index contributed by atoms with van der Waals surface area (Å²) in [5.74, 6) is 0.535. The number of esters is 1. The molecule has 0 radical (unpaired) electrons. The summed E-state index contributed by atoms with van der Waals surface area (Å²) in [6, 6.07) is 6.97. The van der Waals surface area contributed by atoms with Crippen LogP contribution in [0.4, 0.5) is 0 Å². The smallest absolute Gasteiger partial charge is 0.329 e. The second kappa shape index (κ2) is 9.28. The molecule has 2 atom stereocenters. The predicted molar refractivity (Wildman–Crippen MR) is 107 cm³/mol. The largest absolute Gasteiger partial charge is 0.494 e. The van der Waals surface area contributed by atoms with Gasteiger partial charge in [0.2, 0.25) is 0 Å². The molecule has 2 saturated heterocycles. The minimum Gasteiger partial charge on any atom is -0.494 e. The number of fused-ring (bicyclic) bond motifs is 1. The Labute approximate surface area is 173 Å². The molecule has 0 saturated carbocycles. The van der Waals surface area contributed by atoms with Crippen LogP contribution in [0.1, 0.15) is 44.9 Å². The number of cyclic esters (lactones) is 1. The monoisotopic (exact) mass is 457 g/mol. The molecule has 2 fully saturated rings. The van der Waals surface area contributed by atoms with Crippen LogP contribution in [0.5, 0.6) is 5.75 Å². The van der Waals surface area contributed by atoms with Crippen molar-refractivity contribution in [3.8, 4) is 5.75 Å². The van der Waals surface area contributed by atoms with Crippen LogP contribution in [0, 0.1) is 0 Å². The average molecular weight is 459 g/mol. The number of halogens is 2. The van der Waals surface area contributed by atoms with E-state index in [-0.39, 0.29) is 17.9 Å². The molecule has 7 heteroatoms. The number of carbonyl (C=O) groups excluding carboxylic acids is 2. The Morgan fingerprint density at radius 3 is 2.67 bits per heavy atom. The van der Waals surface area contributed by atoms with Crippen molar-refractivity contribution in [2.75, 3.05) is 18.5 Å². The SMILES string of the molecule is O=C1O[C@@](CBr)(CCCCCCOc2ccc(Cl)cc2)C(=O)N2CCC[C@@H]12. The van der Waals surface area contributed by atoms with Gasteiger partial charge in [-0.1, -0.05) is 40.4 Å². The molecule has 1 amide bonds. The second-order valence-electron chi connectivity index (χ2n) is 7.17. The van der Waals surface area contributed by atoms with Gasteiger partial charge < -0.3 is 14.4 Å². The van der Waals surface area contributed by atoms with Crippen molar-refractivity contribution in [3.63, 3.8) is 0 Å². The van der Waals surface area contributed by atoms with E-state index in [1.807, 2.05) is 24.3 Å². The predicted octanol–water partition coefficient (Wildman–Crippen LogP) is 4.35. The van der Waals surface area contributed by atoms with Gasteiger partial charge in [-0.15, -0.1) is 0 Å². The van der Waals surface area contributed by atoms with Crippen molar-refractivity contribution in [2.45, 2.75) is 56.6 Å². The molecule has 0 unspecified atom stereocenters. The topological polar surface area (TPSA) is 55.8 Å². The third-order valence-electron chi connectivity index (χ3n) is 5.24. The van der Waals surface area contributed by atoms with E-state index in [0.717, 1.165) is 44.3 Å². The number of hydrogen-bond donors (Lipinski definition) is 0. The number of ether oxygens (including phenoxy) is 2. The molecule has 0 aliphatic carbocycles. The van der Waals surface area contributed by atoms with E-state index < -0.39 is 5.60 Å². The minimum absolute atomic E-state index is 0.0347. The number of benzene rings is 1. The van der Waals surface area contributed by atoms with Gasteiger partial charge in [-0.2, -0.15) is 0 Å². The summed E-state index contributed by atoms with van der Waals surface area (Å²) in [5.41, 5.74) is -1.03. The van der Waals surface area contributed by atoms with Crippen molar-refractivity contribution in [1.29, 1.82) is 0 Å². The van der Waals surface area contributed by atoms with E-state index in [9.17, 15) is 9.59 Å². The van der Waals surface area contributed by atoms with Gasteiger partial charge >= 0.3 is 5.97 Å². The number of amides is 1. The number of morpholine rings is 1. The van der Waals surface area contributed by atoms with Gasteiger partial charge in [0.1, 0.15) is 11.8 Å². The fraction of sp³-hybridized carbons (Fsp3) is 0.600. The van der Waals surface area contributed by atoms with Crippen LogP contribution in [0.3, 0.4) is 0 Å². The highest BCUT2D eigenvalue weighted by Gasteiger charge is 2.53. The highest BCUT2D eigenvalue weighted by atomic mass is 79.9. The summed E-state index contributed by atoms with van der Waals surface area (Å²) in [5, 5.41) is 1.05. The molecule has 148 valence electrons. The van der Waals surface area contributed by atoms with Crippen LogP contribution in [0.2, 0.25) is 5.02 Å². The zero-order chi connectivity index (χ0) is 19.3. The number of rotatable bonds is 9. The zero-order valence-electron chi connectivity index (χ0n) is 15.3. The molecule has 3 rings (SSSR count). The van der Waals surface area contributed by atoms with Crippen LogP contribution in [-0.2, 0) is 14.3 Å². The van der Waals surface area contributed by atoms with Crippen LogP contribution >= 0.6 is 27.5 Å². The molecule has 27 heavy (non-hydrogen) atoms. The van der Waals surface area contributed by atoms with E-state index in [4.69, 9.17) is 21.1 Å². The fourth-order valence-electron chi connectivity index (χ4n) is 3.72. The van der Waals surface area contributed by atoms with E-state index in [1.165, 1.54) is 0 Å². The van der Waals surface area contributed by atoms with Gasteiger partial charge in [-0.25, -0.2) is 4.79 Å². The van der Waals surface area contributed by atoms with Crippen LogP contribution in [-0.4, -0.2) is 46.9 Å². The Balaban J connectivity index is 1.39. The molecule has 0 spiro atoms. The number of alkyl halides is 1. The van der Waals surface area contributed by atoms with E-state index in [2.05, 4.69) is 15.9 Å².